The van der Waals surface area contributed by atoms with Crippen molar-refractivity contribution < 1.29 is 4.79 Å². The maximum Gasteiger partial charge on any atom is 0.240 e. The molecule has 0 unspecified atom stereocenters. The molecule has 1 aromatic heterocycles. The van der Waals surface area contributed by atoms with E-state index in [0.717, 1.165) is 30.5 Å². The van der Waals surface area contributed by atoms with E-state index in [-0.39, 0.29) is 5.91 Å². The minimum absolute atomic E-state index is 0.0878. The second kappa shape index (κ2) is 6.49. The fourth-order valence-electron chi connectivity index (χ4n) is 4.00. The van der Waals surface area contributed by atoms with E-state index in [4.69, 9.17) is 0 Å². The van der Waals surface area contributed by atoms with Gasteiger partial charge in [-0.2, -0.15) is 0 Å². The van der Waals surface area contributed by atoms with Gasteiger partial charge in [-0.05, 0) is 63.6 Å². The van der Waals surface area contributed by atoms with Crippen LogP contribution in [0.2, 0.25) is 0 Å². The first kappa shape index (κ1) is 15.5. The summed E-state index contributed by atoms with van der Waals surface area (Å²) in [4.78, 5) is 21.6. The molecule has 1 saturated carbocycles. The number of hydrogen-bond acceptors (Lipinski definition) is 5. The van der Waals surface area contributed by atoms with Crippen LogP contribution in [0.3, 0.4) is 0 Å². The van der Waals surface area contributed by atoms with Crippen LogP contribution in [0.15, 0.2) is 5.38 Å². The fraction of sp³-hybridized carbons (Fsp3) is 0.765. The van der Waals surface area contributed by atoms with E-state index in [9.17, 15) is 4.79 Å². The van der Waals surface area contributed by atoms with Crippen molar-refractivity contribution in [1.82, 2.24) is 14.8 Å². The number of piperidine rings is 1. The molecule has 0 radical (unpaired) electrons. The van der Waals surface area contributed by atoms with E-state index in [1.807, 2.05) is 0 Å². The van der Waals surface area contributed by atoms with Gasteiger partial charge in [0.05, 0.1) is 12.2 Å². The summed E-state index contributed by atoms with van der Waals surface area (Å²) >= 11 is 1.55. The molecule has 0 aromatic carbocycles. The number of aromatic nitrogens is 1. The molecule has 6 heteroatoms. The van der Waals surface area contributed by atoms with Crippen LogP contribution >= 0.6 is 11.3 Å². The van der Waals surface area contributed by atoms with Crippen molar-refractivity contribution in [1.29, 1.82) is 0 Å². The lowest BCUT2D eigenvalue weighted by Gasteiger charge is -2.32. The third-order valence-electron chi connectivity index (χ3n) is 5.45. The summed E-state index contributed by atoms with van der Waals surface area (Å²) in [5.74, 6) is 0.0878. The molecular formula is C17H26N4OS. The molecule has 1 amide bonds. The predicted octanol–water partition coefficient (Wildman–Crippen LogP) is 2.55. The number of likely N-dealkylation sites (tertiary alicyclic amines) is 2. The molecule has 0 bridgehead atoms. The number of thiazole rings is 1. The van der Waals surface area contributed by atoms with E-state index in [2.05, 4.69) is 25.5 Å². The van der Waals surface area contributed by atoms with Crippen LogP contribution in [0.1, 0.15) is 44.2 Å². The Labute approximate surface area is 142 Å². The average molecular weight is 334 g/mol. The number of hydrogen-bond donors (Lipinski definition) is 1. The quantitative estimate of drug-likeness (QED) is 0.899. The SMILES string of the molecule is O=C(CN1CCCC2(CC2)C1)Nc1nc(CN2CCCC2)cs1. The van der Waals surface area contributed by atoms with Crippen molar-refractivity contribution in [2.75, 3.05) is 38.0 Å². The first-order valence-electron chi connectivity index (χ1n) is 8.90. The van der Waals surface area contributed by atoms with Gasteiger partial charge in [0.15, 0.2) is 5.13 Å². The van der Waals surface area contributed by atoms with Gasteiger partial charge in [-0.1, -0.05) is 0 Å². The Kier molecular flexibility index (Phi) is 4.39. The first-order chi connectivity index (χ1) is 11.2. The fourth-order valence-corrected chi connectivity index (χ4v) is 4.72. The van der Waals surface area contributed by atoms with Crippen LogP contribution in [0.4, 0.5) is 5.13 Å². The van der Waals surface area contributed by atoms with Crippen LogP contribution < -0.4 is 5.32 Å². The van der Waals surface area contributed by atoms with Crippen LogP contribution in [0, 0.1) is 5.41 Å². The molecule has 23 heavy (non-hydrogen) atoms. The average Bonchev–Trinajstić information content (AvgIpc) is 2.92. The van der Waals surface area contributed by atoms with Crippen molar-refractivity contribution in [2.24, 2.45) is 5.41 Å². The Hall–Kier alpha value is -0.980. The number of rotatable bonds is 5. The summed E-state index contributed by atoms with van der Waals surface area (Å²) in [7, 11) is 0. The summed E-state index contributed by atoms with van der Waals surface area (Å²) < 4.78 is 0. The highest BCUT2D eigenvalue weighted by Gasteiger charge is 2.45. The highest BCUT2D eigenvalue weighted by Crippen LogP contribution is 2.51. The van der Waals surface area contributed by atoms with Crippen LogP contribution in [0.25, 0.3) is 0 Å². The lowest BCUT2D eigenvalue weighted by atomic mass is 9.95. The molecule has 3 fully saturated rings. The van der Waals surface area contributed by atoms with Gasteiger partial charge in [0, 0.05) is 18.5 Å². The van der Waals surface area contributed by atoms with Crippen LogP contribution in [-0.2, 0) is 11.3 Å². The molecular weight excluding hydrogens is 308 g/mol. The summed E-state index contributed by atoms with van der Waals surface area (Å²) in [5.41, 5.74) is 1.66. The molecule has 2 aliphatic heterocycles. The topological polar surface area (TPSA) is 48.5 Å². The smallest absolute Gasteiger partial charge is 0.240 e. The number of nitrogens with one attached hydrogen (secondary N) is 1. The van der Waals surface area contributed by atoms with Gasteiger partial charge in [0.2, 0.25) is 5.91 Å². The summed E-state index contributed by atoms with van der Waals surface area (Å²) in [6, 6.07) is 0. The maximum absolute atomic E-state index is 12.3. The molecule has 5 nitrogen and oxygen atoms in total. The zero-order valence-electron chi connectivity index (χ0n) is 13.7. The molecule has 0 atom stereocenters. The number of carbonyl (C=O) groups is 1. The van der Waals surface area contributed by atoms with Crippen LogP contribution in [0.5, 0.6) is 0 Å². The highest BCUT2D eigenvalue weighted by molar-refractivity contribution is 7.13. The number of amides is 1. The summed E-state index contributed by atoms with van der Waals surface area (Å²) in [5, 5.41) is 5.82. The Morgan fingerprint density at radius 1 is 1.17 bits per heavy atom. The Bertz CT molecular complexity index is 563. The second-order valence-electron chi connectivity index (χ2n) is 7.49. The van der Waals surface area contributed by atoms with Crippen LogP contribution in [-0.4, -0.2) is 53.4 Å². The zero-order chi connectivity index (χ0) is 15.7. The van der Waals surface area contributed by atoms with Crippen molar-refractivity contribution in [3.05, 3.63) is 11.1 Å². The number of nitrogens with zero attached hydrogens (tertiary/aromatic N) is 3. The lowest BCUT2D eigenvalue weighted by molar-refractivity contribution is -0.117. The number of anilines is 1. The molecule has 1 N–H and O–H groups in total. The van der Waals surface area contributed by atoms with E-state index in [1.165, 1.54) is 51.6 Å². The molecule has 4 rings (SSSR count). The van der Waals surface area contributed by atoms with E-state index in [0.29, 0.717) is 12.0 Å². The van der Waals surface area contributed by atoms with Gasteiger partial charge in [-0.25, -0.2) is 4.98 Å². The van der Waals surface area contributed by atoms with Gasteiger partial charge in [0.1, 0.15) is 0 Å². The largest absolute Gasteiger partial charge is 0.301 e. The molecule has 1 aromatic rings. The molecule has 1 spiro atoms. The lowest BCUT2D eigenvalue weighted by Crippen LogP contribution is -2.41. The highest BCUT2D eigenvalue weighted by atomic mass is 32.1. The van der Waals surface area contributed by atoms with Crippen molar-refractivity contribution in [2.45, 2.75) is 45.1 Å². The van der Waals surface area contributed by atoms with E-state index in [1.54, 1.807) is 11.3 Å². The minimum atomic E-state index is 0.0878. The van der Waals surface area contributed by atoms with Gasteiger partial charge >= 0.3 is 0 Å². The van der Waals surface area contributed by atoms with Gasteiger partial charge in [0.25, 0.3) is 0 Å². The van der Waals surface area contributed by atoms with Crippen molar-refractivity contribution >= 4 is 22.4 Å². The molecule has 2 saturated heterocycles. The standard InChI is InChI=1S/C17H26N4OS/c22-15(11-21-9-3-4-17(13-21)5-6-17)19-16-18-14(12-23-16)10-20-7-1-2-8-20/h12H,1-11,13H2,(H,18,19,22). The number of carbonyl (C=O) groups excluding carboxylic acids is 1. The summed E-state index contributed by atoms with van der Waals surface area (Å²) in [6.45, 7) is 5.96. The normalized spacial score (nSPS) is 24.2. The molecule has 3 heterocycles. The first-order valence-corrected chi connectivity index (χ1v) is 9.78. The van der Waals surface area contributed by atoms with E-state index >= 15 is 0 Å². The second-order valence-corrected chi connectivity index (χ2v) is 8.35. The third kappa shape index (κ3) is 3.92. The predicted molar refractivity (Wildman–Crippen MR) is 92.6 cm³/mol. The zero-order valence-corrected chi connectivity index (χ0v) is 14.5. The van der Waals surface area contributed by atoms with Gasteiger partial charge in [-0.3, -0.25) is 14.6 Å². The molecule has 3 aliphatic rings. The van der Waals surface area contributed by atoms with Gasteiger partial charge in [-0.15, -0.1) is 11.3 Å². The minimum Gasteiger partial charge on any atom is -0.301 e. The van der Waals surface area contributed by atoms with Crippen molar-refractivity contribution in [3.8, 4) is 0 Å². The van der Waals surface area contributed by atoms with Gasteiger partial charge < -0.3 is 5.32 Å². The van der Waals surface area contributed by atoms with E-state index < -0.39 is 0 Å². The summed E-state index contributed by atoms with van der Waals surface area (Å²) in [6.07, 6.45) is 7.91. The Morgan fingerprint density at radius 2 is 1.96 bits per heavy atom. The third-order valence-corrected chi connectivity index (χ3v) is 6.25. The monoisotopic (exact) mass is 334 g/mol. The van der Waals surface area contributed by atoms with Crippen molar-refractivity contribution in [3.63, 3.8) is 0 Å². The molecule has 1 aliphatic carbocycles. The maximum atomic E-state index is 12.3. The molecule has 126 valence electrons. The Balaban J connectivity index is 1.26. The Morgan fingerprint density at radius 3 is 2.74 bits per heavy atom.